The van der Waals surface area contributed by atoms with E-state index in [1.54, 1.807) is 0 Å². The molecule has 5 nitrogen and oxygen atoms in total. The number of amides is 1. The first-order valence-corrected chi connectivity index (χ1v) is 9.87. The van der Waals surface area contributed by atoms with Crippen LogP contribution in [0.5, 0.6) is 0 Å². The van der Waals surface area contributed by atoms with Crippen LogP contribution in [-0.2, 0) is 9.31 Å². The molecule has 1 aliphatic carbocycles. The molecule has 1 saturated heterocycles. The molecule has 1 aliphatic heterocycles. The number of carbonyl (C=O) groups excluding carboxylic acids is 1. The van der Waals surface area contributed by atoms with Gasteiger partial charge in [0.25, 0.3) is 5.91 Å². The molecule has 1 aromatic rings. The molecule has 1 aromatic carbocycles. The van der Waals surface area contributed by atoms with Crippen molar-refractivity contribution in [2.24, 2.45) is 0 Å². The number of hydrogen-bond acceptors (Lipinski definition) is 4. The molecule has 2 fully saturated rings. The molecule has 0 aromatic heterocycles. The minimum Gasteiger partial charge on any atom is -0.399 e. The van der Waals surface area contributed by atoms with Crippen molar-refractivity contribution in [3.05, 3.63) is 29.8 Å². The molecule has 6 heteroatoms. The first kappa shape index (κ1) is 20.4. The number of carbonyl (C=O) groups is 1. The number of hydrogen-bond donors (Lipinski definition) is 1. The van der Waals surface area contributed by atoms with Gasteiger partial charge in [0.2, 0.25) is 0 Å². The van der Waals surface area contributed by atoms with E-state index in [4.69, 9.17) is 9.31 Å². The normalized spacial score (nSPS) is 29.6. The van der Waals surface area contributed by atoms with Crippen LogP contribution < -0.4 is 5.46 Å². The summed E-state index contributed by atoms with van der Waals surface area (Å²) in [7, 11) is 1.44. The van der Waals surface area contributed by atoms with Crippen molar-refractivity contribution < 1.29 is 19.2 Å². The average Bonchev–Trinajstić information content (AvgIpc) is 2.81. The van der Waals surface area contributed by atoms with E-state index in [0.29, 0.717) is 5.56 Å². The molecule has 2 aliphatic rings. The smallest absolute Gasteiger partial charge is 0.399 e. The fourth-order valence-corrected chi connectivity index (χ4v) is 3.74. The van der Waals surface area contributed by atoms with Gasteiger partial charge in [-0.3, -0.25) is 4.79 Å². The van der Waals surface area contributed by atoms with Crippen molar-refractivity contribution in [1.29, 1.82) is 0 Å². The Morgan fingerprint density at radius 2 is 1.52 bits per heavy atom. The summed E-state index contributed by atoms with van der Waals surface area (Å²) in [5.74, 6) is 0.0158. The van der Waals surface area contributed by atoms with Crippen LogP contribution in [0.25, 0.3) is 0 Å². The molecule has 1 saturated carbocycles. The lowest BCUT2D eigenvalue weighted by Gasteiger charge is -2.37. The van der Waals surface area contributed by atoms with Crippen LogP contribution in [0.1, 0.15) is 70.7 Å². The zero-order valence-corrected chi connectivity index (χ0v) is 17.4. The summed E-state index contributed by atoms with van der Waals surface area (Å²) in [5, 5.41) is 10.1. The van der Waals surface area contributed by atoms with Crippen LogP contribution >= 0.6 is 0 Å². The van der Waals surface area contributed by atoms with Gasteiger partial charge in [-0.05, 0) is 77.9 Å². The Bertz CT molecular complexity index is 673. The maximum absolute atomic E-state index is 12.8. The van der Waals surface area contributed by atoms with Gasteiger partial charge in [0.15, 0.2) is 0 Å². The Kier molecular flexibility index (Phi) is 5.21. The molecular weight excluding hydrogens is 341 g/mol. The number of aliphatic hydroxyl groups is 1. The van der Waals surface area contributed by atoms with Gasteiger partial charge in [-0.25, -0.2) is 0 Å². The van der Waals surface area contributed by atoms with Crippen molar-refractivity contribution in [3.63, 3.8) is 0 Å². The molecule has 27 heavy (non-hydrogen) atoms. The quantitative estimate of drug-likeness (QED) is 0.828. The Hall–Kier alpha value is -1.37. The lowest BCUT2D eigenvalue weighted by Crippen LogP contribution is -2.43. The lowest BCUT2D eigenvalue weighted by atomic mass is 9.79. The van der Waals surface area contributed by atoms with Crippen molar-refractivity contribution >= 4 is 18.5 Å². The second kappa shape index (κ2) is 6.91. The van der Waals surface area contributed by atoms with Gasteiger partial charge < -0.3 is 19.3 Å². The van der Waals surface area contributed by atoms with Crippen LogP contribution in [0.2, 0.25) is 0 Å². The van der Waals surface area contributed by atoms with E-state index in [1.165, 1.54) is 0 Å². The van der Waals surface area contributed by atoms with Gasteiger partial charge in [0.1, 0.15) is 0 Å². The Labute approximate surface area is 163 Å². The largest absolute Gasteiger partial charge is 0.494 e. The van der Waals surface area contributed by atoms with E-state index in [2.05, 4.69) is 0 Å². The molecule has 148 valence electrons. The van der Waals surface area contributed by atoms with E-state index in [9.17, 15) is 9.90 Å². The number of rotatable bonds is 3. The Balaban J connectivity index is 1.66. The highest BCUT2D eigenvalue weighted by Crippen LogP contribution is 2.36. The maximum atomic E-state index is 12.8. The predicted octanol–water partition coefficient (Wildman–Crippen LogP) is 2.75. The van der Waals surface area contributed by atoms with Gasteiger partial charge in [-0.2, -0.15) is 0 Å². The van der Waals surface area contributed by atoms with Crippen molar-refractivity contribution in [1.82, 2.24) is 4.90 Å². The van der Waals surface area contributed by atoms with Gasteiger partial charge >= 0.3 is 7.12 Å². The molecule has 1 heterocycles. The summed E-state index contributed by atoms with van der Waals surface area (Å²) in [5.41, 5.74) is 0.227. The molecule has 1 amide bonds. The van der Waals surface area contributed by atoms with Gasteiger partial charge in [-0.15, -0.1) is 0 Å². The molecule has 0 radical (unpaired) electrons. The molecule has 0 atom stereocenters. The average molecular weight is 373 g/mol. The van der Waals surface area contributed by atoms with Crippen molar-refractivity contribution in [3.8, 4) is 0 Å². The lowest BCUT2D eigenvalue weighted by molar-refractivity contribution is -0.000211. The minimum absolute atomic E-state index is 0.0158. The summed E-state index contributed by atoms with van der Waals surface area (Å²) in [6.45, 7) is 9.99. The summed E-state index contributed by atoms with van der Waals surface area (Å²) in [6, 6.07) is 7.70. The summed E-state index contributed by atoms with van der Waals surface area (Å²) in [4.78, 5) is 14.7. The third-order valence-electron chi connectivity index (χ3n) is 6.58. The maximum Gasteiger partial charge on any atom is 0.494 e. The summed E-state index contributed by atoms with van der Waals surface area (Å²) in [6.07, 6.45) is 3.13. The molecule has 3 rings (SSSR count). The van der Waals surface area contributed by atoms with Gasteiger partial charge in [-0.1, -0.05) is 12.1 Å². The Morgan fingerprint density at radius 3 is 2.00 bits per heavy atom. The predicted molar refractivity (Wildman–Crippen MR) is 107 cm³/mol. The summed E-state index contributed by atoms with van der Waals surface area (Å²) >= 11 is 0. The monoisotopic (exact) mass is 373 g/mol. The fourth-order valence-electron chi connectivity index (χ4n) is 3.74. The van der Waals surface area contributed by atoms with E-state index in [1.807, 2.05) is 70.8 Å². The van der Waals surface area contributed by atoms with Crippen molar-refractivity contribution in [2.75, 3.05) is 7.05 Å². The number of benzene rings is 1. The molecular formula is C21H32BNO4. The van der Waals surface area contributed by atoms with Crippen LogP contribution in [0.3, 0.4) is 0 Å². The first-order valence-electron chi connectivity index (χ1n) is 9.87. The SMILES string of the molecule is CN(C(=O)c1ccc(B2OC(C)(C)C(C)(C)O2)cc1)C1CCC(C)(O)CC1. The van der Waals surface area contributed by atoms with Crippen molar-refractivity contribution in [2.45, 2.75) is 83.1 Å². The minimum atomic E-state index is -0.592. The van der Waals surface area contributed by atoms with Crippen LogP contribution in [-0.4, -0.2) is 52.9 Å². The molecule has 1 N–H and O–H groups in total. The van der Waals surface area contributed by atoms with Crippen LogP contribution in [0, 0.1) is 0 Å². The highest BCUT2D eigenvalue weighted by molar-refractivity contribution is 6.62. The molecule has 0 bridgehead atoms. The van der Waals surface area contributed by atoms with E-state index in [-0.39, 0.29) is 23.2 Å². The van der Waals surface area contributed by atoms with Gasteiger partial charge in [0, 0.05) is 18.7 Å². The van der Waals surface area contributed by atoms with Crippen LogP contribution in [0.15, 0.2) is 24.3 Å². The second-order valence-corrected chi connectivity index (χ2v) is 9.35. The second-order valence-electron chi connectivity index (χ2n) is 9.35. The first-order chi connectivity index (χ1) is 12.4. The van der Waals surface area contributed by atoms with E-state index >= 15 is 0 Å². The molecule has 0 spiro atoms. The Morgan fingerprint density at radius 1 is 1.04 bits per heavy atom. The fraction of sp³-hybridized carbons (Fsp3) is 0.667. The zero-order chi connectivity index (χ0) is 20.0. The van der Waals surface area contributed by atoms with Crippen LogP contribution in [0.4, 0.5) is 0 Å². The molecule has 0 unspecified atom stereocenters. The number of nitrogens with zero attached hydrogens (tertiary/aromatic N) is 1. The third kappa shape index (κ3) is 4.08. The third-order valence-corrected chi connectivity index (χ3v) is 6.58. The van der Waals surface area contributed by atoms with E-state index in [0.717, 1.165) is 31.1 Å². The highest BCUT2D eigenvalue weighted by atomic mass is 16.7. The topological polar surface area (TPSA) is 59.0 Å². The standard InChI is InChI=1S/C21H32BNO4/c1-19(2)20(3,4)27-22(26-19)16-9-7-15(8-10-16)18(24)23(6)17-11-13-21(5,25)14-12-17/h7-10,17,25H,11-14H2,1-6H3. The summed E-state index contributed by atoms with van der Waals surface area (Å²) < 4.78 is 12.1. The zero-order valence-electron chi connectivity index (χ0n) is 17.4. The highest BCUT2D eigenvalue weighted by Gasteiger charge is 2.51. The van der Waals surface area contributed by atoms with Gasteiger partial charge in [0.05, 0.1) is 16.8 Å². The van der Waals surface area contributed by atoms with E-state index < -0.39 is 12.7 Å².